The fourth-order valence-corrected chi connectivity index (χ4v) is 3.66. The fourth-order valence-electron chi connectivity index (χ4n) is 3.31. The number of anilines is 2. The van der Waals surface area contributed by atoms with Crippen molar-refractivity contribution in [3.8, 4) is 0 Å². The molecule has 0 spiro atoms. The van der Waals surface area contributed by atoms with Gasteiger partial charge in [0, 0.05) is 11.4 Å². The van der Waals surface area contributed by atoms with Crippen LogP contribution in [0.15, 0.2) is 34.6 Å². The lowest BCUT2D eigenvalue weighted by Crippen LogP contribution is -2.33. The third-order valence-corrected chi connectivity index (χ3v) is 5.10. The number of aryl methyl sites for hydroxylation is 2. The molecule has 138 valence electrons. The number of aromatic nitrogens is 3. The summed E-state index contributed by atoms with van der Waals surface area (Å²) in [5, 5.41) is 11.6. The van der Waals surface area contributed by atoms with E-state index in [1.165, 1.54) is 17.3 Å². The van der Waals surface area contributed by atoms with Gasteiger partial charge in [-0.05, 0) is 44.6 Å². The standard InChI is InChI=1S/C19H25N5OS/c1-10(2)16-15(13(5)20-18-22-19(26-6)23-24(16)18)17(25)21-14-8-7-11(3)9-12(14)4/h7-10,16H,1-6H3,(H,21,25)(H,20,22,23). The van der Waals surface area contributed by atoms with Gasteiger partial charge in [-0.1, -0.05) is 43.3 Å². The Labute approximate surface area is 158 Å². The van der Waals surface area contributed by atoms with Gasteiger partial charge in [-0.25, -0.2) is 4.68 Å². The average molecular weight is 372 g/mol. The van der Waals surface area contributed by atoms with Crippen LogP contribution in [0.1, 0.15) is 37.9 Å². The smallest absolute Gasteiger partial charge is 0.255 e. The molecular weight excluding hydrogens is 346 g/mol. The van der Waals surface area contributed by atoms with E-state index in [2.05, 4.69) is 40.6 Å². The molecular formula is C19H25N5OS. The number of nitrogens with one attached hydrogen (secondary N) is 2. The van der Waals surface area contributed by atoms with Gasteiger partial charge in [0.05, 0.1) is 11.6 Å². The van der Waals surface area contributed by atoms with E-state index < -0.39 is 0 Å². The molecule has 0 fully saturated rings. The molecule has 0 saturated heterocycles. The average Bonchev–Trinajstić information content (AvgIpc) is 2.98. The third-order valence-electron chi connectivity index (χ3n) is 4.56. The number of nitrogens with zero attached hydrogens (tertiary/aromatic N) is 3. The number of thioether (sulfide) groups is 1. The molecule has 3 rings (SSSR count). The number of carbonyl (C=O) groups is 1. The van der Waals surface area contributed by atoms with E-state index in [1.54, 1.807) is 0 Å². The van der Waals surface area contributed by atoms with Crippen LogP contribution in [0.5, 0.6) is 0 Å². The summed E-state index contributed by atoms with van der Waals surface area (Å²) in [6.45, 7) is 10.2. The number of hydrogen-bond donors (Lipinski definition) is 2. The number of allylic oxidation sites excluding steroid dienone is 1. The minimum Gasteiger partial charge on any atom is -0.328 e. The predicted molar refractivity (Wildman–Crippen MR) is 107 cm³/mol. The number of carbonyl (C=O) groups excluding carboxylic acids is 1. The molecule has 1 unspecified atom stereocenters. The first-order valence-corrected chi connectivity index (χ1v) is 9.91. The molecule has 7 heteroatoms. The van der Waals surface area contributed by atoms with Crippen LogP contribution in [0.2, 0.25) is 0 Å². The molecule has 26 heavy (non-hydrogen) atoms. The molecule has 0 aliphatic carbocycles. The minimum atomic E-state index is -0.162. The first kappa shape index (κ1) is 18.5. The molecule has 1 amide bonds. The molecule has 6 nitrogen and oxygen atoms in total. The Hall–Kier alpha value is -2.28. The number of hydrogen-bond acceptors (Lipinski definition) is 5. The van der Waals surface area contributed by atoms with E-state index in [1.807, 2.05) is 43.8 Å². The van der Waals surface area contributed by atoms with Crippen LogP contribution in [0.3, 0.4) is 0 Å². The van der Waals surface area contributed by atoms with Crippen molar-refractivity contribution in [2.75, 3.05) is 16.9 Å². The van der Waals surface area contributed by atoms with E-state index in [9.17, 15) is 4.79 Å². The maximum Gasteiger partial charge on any atom is 0.255 e. The quantitative estimate of drug-likeness (QED) is 0.790. The maximum atomic E-state index is 13.1. The van der Waals surface area contributed by atoms with Gasteiger partial charge in [-0.2, -0.15) is 4.98 Å². The highest BCUT2D eigenvalue weighted by Gasteiger charge is 2.35. The summed E-state index contributed by atoms with van der Waals surface area (Å²) >= 11 is 1.49. The van der Waals surface area contributed by atoms with Crippen LogP contribution >= 0.6 is 11.8 Å². The van der Waals surface area contributed by atoms with Crippen LogP contribution in [0.4, 0.5) is 11.6 Å². The van der Waals surface area contributed by atoms with E-state index >= 15 is 0 Å². The molecule has 1 aromatic heterocycles. The number of fused-ring (bicyclic) bond motifs is 1. The first-order valence-electron chi connectivity index (χ1n) is 8.68. The molecule has 1 aliphatic heterocycles. The van der Waals surface area contributed by atoms with Crippen molar-refractivity contribution < 1.29 is 4.79 Å². The van der Waals surface area contributed by atoms with Crippen molar-refractivity contribution in [2.24, 2.45) is 5.92 Å². The monoisotopic (exact) mass is 371 g/mol. The third kappa shape index (κ3) is 3.35. The van der Waals surface area contributed by atoms with Gasteiger partial charge in [0.1, 0.15) is 0 Å². The zero-order chi connectivity index (χ0) is 19.0. The topological polar surface area (TPSA) is 71.8 Å². The van der Waals surface area contributed by atoms with Gasteiger partial charge < -0.3 is 10.6 Å². The molecule has 0 saturated carbocycles. The van der Waals surface area contributed by atoms with Gasteiger partial charge in [0.15, 0.2) is 0 Å². The van der Waals surface area contributed by atoms with Crippen molar-refractivity contribution in [2.45, 2.75) is 45.8 Å². The first-order chi connectivity index (χ1) is 12.3. The van der Waals surface area contributed by atoms with Crippen molar-refractivity contribution >= 4 is 29.3 Å². The second kappa shape index (κ2) is 7.15. The molecule has 1 aromatic carbocycles. The highest BCUT2D eigenvalue weighted by molar-refractivity contribution is 7.98. The van der Waals surface area contributed by atoms with Crippen LogP contribution in [0, 0.1) is 19.8 Å². The Bertz CT molecular complexity index is 884. The summed E-state index contributed by atoms with van der Waals surface area (Å²) < 4.78 is 1.83. The number of amides is 1. The van der Waals surface area contributed by atoms with Gasteiger partial charge in [0.2, 0.25) is 11.1 Å². The van der Waals surface area contributed by atoms with Crippen LogP contribution in [0.25, 0.3) is 0 Å². The molecule has 1 aliphatic rings. The molecule has 2 N–H and O–H groups in total. The van der Waals surface area contributed by atoms with Gasteiger partial charge >= 0.3 is 0 Å². The van der Waals surface area contributed by atoms with Crippen LogP contribution in [-0.4, -0.2) is 26.9 Å². The summed E-state index contributed by atoms with van der Waals surface area (Å²) in [5.41, 5.74) is 4.57. The fraction of sp³-hybridized carbons (Fsp3) is 0.421. The summed E-state index contributed by atoms with van der Waals surface area (Å²) in [6.07, 6.45) is 1.94. The van der Waals surface area contributed by atoms with Gasteiger partial charge in [-0.15, -0.1) is 5.10 Å². The molecule has 2 heterocycles. The minimum absolute atomic E-state index is 0.104. The Balaban J connectivity index is 1.97. The maximum absolute atomic E-state index is 13.1. The lowest BCUT2D eigenvalue weighted by molar-refractivity contribution is -0.113. The Morgan fingerprint density at radius 2 is 2.04 bits per heavy atom. The molecule has 0 bridgehead atoms. The van der Waals surface area contributed by atoms with Crippen LogP contribution in [-0.2, 0) is 4.79 Å². The van der Waals surface area contributed by atoms with Crippen molar-refractivity contribution in [3.05, 3.63) is 40.6 Å². The SMILES string of the molecule is CSc1nc2n(n1)C(C(C)C)C(C(=O)Nc1ccc(C)cc1C)=C(C)N2. The van der Waals surface area contributed by atoms with E-state index in [0.29, 0.717) is 16.7 Å². The summed E-state index contributed by atoms with van der Waals surface area (Å²) in [4.78, 5) is 17.6. The largest absolute Gasteiger partial charge is 0.328 e. The number of rotatable bonds is 4. The van der Waals surface area contributed by atoms with Gasteiger partial charge in [-0.3, -0.25) is 4.79 Å². The predicted octanol–water partition coefficient (Wildman–Crippen LogP) is 4.15. The van der Waals surface area contributed by atoms with E-state index in [0.717, 1.165) is 16.9 Å². The second-order valence-corrected chi connectivity index (χ2v) is 7.77. The van der Waals surface area contributed by atoms with Gasteiger partial charge in [0.25, 0.3) is 5.91 Å². The zero-order valence-corrected chi connectivity index (χ0v) is 16.9. The second-order valence-electron chi connectivity index (χ2n) is 6.99. The Morgan fingerprint density at radius 3 is 2.65 bits per heavy atom. The van der Waals surface area contributed by atoms with Crippen molar-refractivity contribution in [1.29, 1.82) is 0 Å². The lowest BCUT2D eigenvalue weighted by atomic mass is 9.92. The van der Waals surface area contributed by atoms with Crippen LogP contribution < -0.4 is 10.6 Å². The Morgan fingerprint density at radius 1 is 1.31 bits per heavy atom. The molecule has 2 aromatic rings. The normalized spacial score (nSPS) is 16.5. The summed E-state index contributed by atoms with van der Waals surface area (Å²) in [7, 11) is 0. The zero-order valence-electron chi connectivity index (χ0n) is 16.0. The highest BCUT2D eigenvalue weighted by atomic mass is 32.2. The molecule has 1 atom stereocenters. The van der Waals surface area contributed by atoms with Crippen molar-refractivity contribution in [1.82, 2.24) is 14.8 Å². The summed E-state index contributed by atoms with van der Waals surface area (Å²) in [5.74, 6) is 0.781. The van der Waals surface area contributed by atoms with Crippen molar-refractivity contribution in [3.63, 3.8) is 0 Å². The van der Waals surface area contributed by atoms with E-state index in [4.69, 9.17) is 0 Å². The number of benzene rings is 1. The lowest BCUT2D eigenvalue weighted by Gasteiger charge is -2.30. The summed E-state index contributed by atoms with van der Waals surface area (Å²) in [6, 6.07) is 5.86. The highest BCUT2D eigenvalue weighted by Crippen LogP contribution is 2.36. The van der Waals surface area contributed by atoms with E-state index in [-0.39, 0.29) is 17.9 Å². The Kier molecular flexibility index (Phi) is 5.09. The molecule has 0 radical (unpaired) electrons.